The molecule has 5 nitrogen and oxygen atoms in total. The molecule has 0 saturated carbocycles. The number of rotatable bonds is 6. The number of para-hydroxylation sites is 1. The summed E-state index contributed by atoms with van der Waals surface area (Å²) >= 11 is 0. The Balaban J connectivity index is 1.94. The first kappa shape index (κ1) is 17.8. The summed E-state index contributed by atoms with van der Waals surface area (Å²) in [5.41, 5.74) is 2.18. The summed E-state index contributed by atoms with van der Waals surface area (Å²) in [6, 6.07) is 21.0. The summed E-state index contributed by atoms with van der Waals surface area (Å²) in [5, 5.41) is 0. The molecule has 0 heterocycles. The van der Waals surface area contributed by atoms with E-state index in [-0.39, 0.29) is 4.90 Å². The second-order valence-electron chi connectivity index (χ2n) is 5.56. The SMILES string of the molecule is COc1ccc(-c2ccccc2NS(=O)(=O)c2ccc(OC)cc2)cc1. The lowest BCUT2D eigenvalue weighted by atomic mass is 10.0. The second-order valence-corrected chi connectivity index (χ2v) is 7.24. The lowest BCUT2D eigenvalue weighted by Gasteiger charge is -2.13. The Morgan fingerprint density at radius 1 is 0.731 bits per heavy atom. The maximum Gasteiger partial charge on any atom is 0.261 e. The molecule has 0 spiro atoms. The van der Waals surface area contributed by atoms with E-state index in [1.54, 1.807) is 31.4 Å². The molecule has 0 aliphatic carbocycles. The number of anilines is 1. The van der Waals surface area contributed by atoms with Crippen LogP contribution >= 0.6 is 0 Å². The van der Waals surface area contributed by atoms with Gasteiger partial charge in [0, 0.05) is 5.56 Å². The van der Waals surface area contributed by atoms with Gasteiger partial charge >= 0.3 is 0 Å². The summed E-state index contributed by atoms with van der Waals surface area (Å²) < 4.78 is 38.3. The van der Waals surface area contributed by atoms with Crippen LogP contribution in [-0.2, 0) is 10.0 Å². The molecular weight excluding hydrogens is 350 g/mol. The zero-order valence-electron chi connectivity index (χ0n) is 14.5. The van der Waals surface area contributed by atoms with Gasteiger partial charge in [0.2, 0.25) is 0 Å². The van der Waals surface area contributed by atoms with Gasteiger partial charge < -0.3 is 9.47 Å². The van der Waals surface area contributed by atoms with E-state index in [1.807, 2.05) is 36.4 Å². The van der Waals surface area contributed by atoms with Crippen LogP contribution in [-0.4, -0.2) is 22.6 Å². The van der Waals surface area contributed by atoms with Crippen molar-refractivity contribution in [1.29, 1.82) is 0 Å². The Morgan fingerprint density at radius 3 is 1.85 bits per heavy atom. The van der Waals surface area contributed by atoms with Crippen LogP contribution in [0.1, 0.15) is 0 Å². The molecule has 0 aliphatic heterocycles. The van der Waals surface area contributed by atoms with Crippen molar-refractivity contribution in [2.75, 3.05) is 18.9 Å². The first-order valence-corrected chi connectivity index (χ1v) is 9.42. The van der Waals surface area contributed by atoms with Gasteiger partial charge in [0.1, 0.15) is 11.5 Å². The van der Waals surface area contributed by atoms with Crippen LogP contribution in [0.4, 0.5) is 5.69 Å². The lowest BCUT2D eigenvalue weighted by molar-refractivity contribution is 0.414. The maximum absolute atomic E-state index is 12.7. The zero-order chi connectivity index (χ0) is 18.6. The molecule has 6 heteroatoms. The molecule has 0 fully saturated rings. The Bertz CT molecular complexity index is 981. The molecular formula is C20H19NO4S. The van der Waals surface area contributed by atoms with E-state index in [4.69, 9.17) is 9.47 Å². The van der Waals surface area contributed by atoms with E-state index >= 15 is 0 Å². The molecule has 0 bridgehead atoms. The van der Waals surface area contributed by atoms with Crippen molar-refractivity contribution < 1.29 is 17.9 Å². The third-order valence-corrected chi connectivity index (χ3v) is 5.32. The number of ether oxygens (including phenoxy) is 2. The van der Waals surface area contributed by atoms with Crippen molar-refractivity contribution >= 4 is 15.7 Å². The number of sulfonamides is 1. The van der Waals surface area contributed by atoms with Crippen molar-refractivity contribution in [1.82, 2.24) is 0 Å². The summed E-state index contributed by atoms with van der Waals surface area (Å²) in [4.78, 5) is 0.169. The largest absolute Gasteiger partial charge is 0.497 e. The molecule has 3 rings (SSSR count). The number of hydrogen-bond acceptors (Lipinski definition) is 4. The van der Waals surface area contributed by atoms with E-state index < -0.39 is 10.0 Å². The molecule has 0 amide bonds. The monoisotopic (exact) mass is 369 g/mol. The summed E-state index contributed by atoms with van der Waals surface area (Å²) in [6.07, 6.45) is 0. The van der Waals surface area contributed by atoms with Crippen LogP contribution in [0.5, 0.6) is 11.5 Å². The average Bonchev–Trinajstić information content (AvgIpc) is 2.68. The minimum Gasteiger partial charge on any atom is -0.497 e. The highest BCUT2D eigenvalue weighted by atomic mass is 32.2. The average molecular weight is 369 g/mol. The summed E-state index contributed by atoms with van der Waals surface area (Å²) in [7, 11) is -0.574. The van der Waals surface area contributed by atoms with Gasteiger partial charge in [-0.25, -0.2) is 8.42 Å². The van der Waals surface area contributed by atoms with E-state index in [2.05, 4.69) is 4.72 Å². The fraction of sp³-hybridized carbons (Fsp3) is 0.100. The van der Waals surface area contributed by atoms with Crippen molar-refractivity contribution in [2.45, 2.75) is 4.90 Å². The van der Waals surface area contributed by atoms with Gasteiger partial charge in [0.25, 0.3) is 10.0 Å². The van der Waals surface area contributed by atoms with Crippen molar-refractivity contribution in [3.8, 4) is 22.6 Å². The molecule has 0 radical (unpaired) electrons. The molecule has 0 aromatic heterocycles. The second kappa shape index (κ2) is 7.49. The fourth-order valence-electron chi connectivity index (χ4n) is 2.55. The topological polar surface area (TPSA) is 64.6 Å². The van der Waals surface area contributed by atoms with Gasteiger partial charge in [-0.05, 0) is 48.0 Å². The highest BCUT2D eigenvalue weighted by Crippen LogP contribution is 2.31. The van der Waals surface area contributed by atoms with Gasteiger partial charge in [0.15, 0.2) is 0 Å². The highest BCUT2D eigenvalue weighted by Gasteiger charge is 2.16. The van der Waals surface area contributed by atoms with E-state index in [1.165, 1.54) is 19.2 Å². The smallest absolute Gasteiger partial charge is 0.261 e. The van der Waals surface area contributed by atoms with Gasteiger partial charge in [-0.2, -0.15) is 0 Å². The van der Waals surface area contributed by atoms with Crippen LogP contribution in [0.15, 0.2) is 77.7 Å². The van der Waals surface area contributed by atoms with Crippen LogP contribution in [0.3, 0.4) is 0 Å². The number of nitrogens with one attached hydrogen (secondary N) is 1. The lowest BCUT2D eigenvalue weighted by Crippen LogP contribution is -2.13. The molecule has 3 aromatic rings. The van der Waals surface area contributed by atoms with E-state index in [0.29, 0.717) is 11.4 Å². The number of methoxy groups -OCH3 is 2. The molecule has 1 N–H and O–H groups in total. The quantitative estimate of drug-likeness (QED) is 0.708. The summed E-state index contributed by atoms with van der Waals surface area (Å²) in [5.74, 6) is 1.34. The third kappa shape index (κ3) is 3.81. The van der Waals surface area contributed by atoms with Crippen LogP contribution in [0, 0.1) is 0 Å². The Kier molecular flexibility index (Phi) is 5.14. The van der Waals surface area contributed by atoms with Crippen LogP contribution in [0.25, 0.3) is 11.1 Å². The maximum atomic E-state index is 12.7. The minimum atomic E-state index is -3.71. The van der Waals surface area contributed by atoms with E-state index in [0.717, 1.165) is 16.9 Å². The molecule has 134 valence electrons. The molecule has 3 aromatic carbocycles. The molecule has 26 heavy (non-hydrogen) atoms. The predicted molar refractivity (Wildman–Crippen MR) is 102 cm³/mol. The highest BCUT2D eigenvalue weighted by molar-refractivity contribution is 7.92. The molecule has 0 atom stereocenters. The van der Waals surface area contributed by atoms with Crippen molar-refractivity contribution in [3.05, 3.63) is 72.8 Å². The third-order valence-electron chi connectivity index (χ3n) is 3.94. The number of hydrogen-bond donors (Lipinski definition) is 1. The van der Waals surface area contributed by atoms with Gasteiger partial charge in [-0.1, -0.05) is 30.3 Å². The fourth-order valence-corrected chi connectivity index (χ4v) is 3.63. The first-order valence-electron chi connectivity index (χ1n) is 7.94. The summed E-state index contributed by atoms with van der Waals surface area (Å²) in [6.45, 7) is 0. The van der Waals surface area contributed by atoms with Crippen molar-refractivity contribution in [2.24, 2.45) is 0 Å². The van der Waals surface area contributed by atoms with Gasteiger partial charge in [-0.3, -0.25) is 4.72 Å². The van der Waals surface area contributed by atoms with E-state index in [9.17, 15) is 8.42 Å². The standard InChI is InChI=1S/C20H19NO4S/c1-24-16-9-7-15(8-10-16)19-5-3-4-6-20(19)21-26(22,23)18-13-11-17(25-2)12-14-18/h3-14,21H,1-2H3. The Hall–Kier alpha value is -2.99. The predicted octanol–water partition coefficient (Wildman–Crippen LogP) is 4.17. The van der Waals surface area contributed by atoms with Gasteiger partial charge in [0.05, 0.1) is 24.8 Å². The van der Waals surface area contributed by atoms with Crippen molar-refractivity contribution in [3.63, 3.8) is 0 Å². The zero-order valence-corrected chi connectivity index (χ0v) is 15.3. The molecule has 0 aliphatic rings. The van der Waals surface area contributed by atoms with Gasteiger partial charge in [-0.15, -0.1) is 0 Å². The number of benzene rings is 3. The Morgan fingerprint density at radius 2 is 1.27 bits per heavy atom. The Labute approximate surface area is 153 Å². The van der Waals surface area contributed by atoms with Crippen LogP contribution in [0.2, 0.25) is 0 Å². The molecule has 0 saturated heterocycles. The van der Waals surface area contributed by atoms with Crippen LogP contribution < -0.4 is 14.2 Å². The normalized spacial score (nSPS) is 11.0. The molecule has 0 unspecified atom stereocenters. The minimum absolute atomic E-state index is 0.169. The first-order chi connectivity index (χ1) is 12.5.